The van der Waals surface area contributed by atoms with Crippen molar-refractivity contribution in [2.75, 3.05) is 0 Å². The van der Waals surface area contributed by atoms with Crippen LogP contribution in [0.25, 0.3) is 5.57 Å². The Morgan fingerprint density at radius 1 is 1.04 bits per heavy atom. The molecular formula is C20H21Cl2O3SZr. The number of fused-ring (bicyclic) bond motifs is 1. The van der Waals surface area contributed by atoms with Gasteiger partial charge in [0.1, 0.15) is 4.91 Å². The van der Waals surface area contributed by atoms with E-state index >= 15 is 0 Å². The second-order valence-corrected chi connectivity index (χ2v) is 11.9. The predicted molar refractivity (Wildman–Crippen MR) is 108 cm³/mol. The van der Waals surface area contributed by atoms with Crippen LogP contribution in [0.2, 0.25) is 0 Å². The molecule has 143 valence electrons. The molecule has 3 nitrogen and oxygen atoms in total. The maximum atomic E-state index is 12.1. The van der Waals surface area contributed by atoms with Crippen molar-refractivity contribution in [1.82, 2.24) is 0 Å². The quantitative estimate of drug-likeness (QED) is 0.517. The first-order valence-electron chi connectivity index (χ1n) is 8.47. The first-order chi connectivity index (χ1) is 12.6. The van der Waals surface area contributed by atoms with Crippen molar-refractivity contribution in [3.63, 3.8) is 0 Å². The molecule has 0 fully saturated rings. The molecule has 3 rings (SSSR count). The molecule has 0 unspecified atom stereocenters. The maximum absolute atomic E-state index is 12.1. The van der Waals surface area contributed by atoms with Crippen LogP contribution in [0.5, 0.6) is 0 Å². The van der Waals surface area contributed by atoms with E-state index in [-0.39, 0.29) is 16.7 Å². The van der Waals surface area contributed by atoms with Gasteiger partial charge in [0.25, 0.3) is 10.1 Å². The van der Waals surface area contributed by atoms with Crippen molar-refractivity contribution in [2.45, 2.75) is 27.7 Å². The summed E-state index contributed by atoms with van der Waals surface area (Å²) in [5.74, 6) is 0.0965. The van der Waals surface area contributed by atoms with Gasteiger partial charge in [0.15, 0.2) is 0 Å². The number of hydrogen-bond acceptors (Lipinski definition) is 2. The Hall–Kier alpha value is -0.447. The third-order valence-corrected chi connectivity index (χ3v) is 5.32. The Bertz CT molecular complexity index is 941. The van der Waals surface area contributed by atoms with Crippen molar-refractivity contribution in [2.24, 2.45) is 11.8 Å². The van der Waals surface area contributed by atoms with Crippen LogP contribution in [-0.2, 0) is 31.0 Å². The van der Waals surface area contributed by atoms with E-state index in [0.29, 0.717) is 11.1 Å². The summed E-state index contributed by atoms with van der Waals surface area (Å²) in [6, 6.07) is 9.87. The zero-order valence-corrected chi connectivity index (χ0v) is 20.3. The van der Waals surface area contributed by atoms with E-state index in [4.69, 9.17) is 17.0 Å². The molecule has 1 N–H and O–H groups in total. The second kappa shape index (κ2) is 9.37. The van der Waals surface area contributed by atoms with Crippen LogP contribution in [0, 0.1) is 17.9 Å². The summed E-state index contributed by atoms with van der Waals surface area (Å²) in [6.45, 7) is 7.88. The summed E-state index contributed by atoms with van der Waals surface area (Å²) >= 11 is -0.826. The van der Waals surface area contributed by atoms with Crippen molar-refractivity contribution in [1.29, 1.82) is 0 Å². The van der Waals surface area contributed by atoms with E-state index in [0.717, 1.165) is 22.3 Å². The SMILES string of the molecule is CC(C)C1=C(S(=O)(=O)O)C2=C(C(C)C)C=C(c3ccccc3)C2=[C]1.[Cl][Zr][Cl]. The predicted octanol–water partition coefficient (Wildman–Crippen LogP) is 5.95. The van der Waals surface area contributed by atoms with Gasteiger partial charge in [-0.3, -0.25) is 4.55 Å². The first kappa shape index (κ1) is 22.8. The zero-order chi connectivity index (χ0) is 20.4. The van der Waals surface area contributed by atoms with Gasteiger partial charge in [-0.25, -0.2) is 0 Å². The first-order valence-corrected chi connectivity index (χ1v) is 16.2. The Balaban J connectivity index is 0.000000817. The Morgan fingerprint density at radius 3 is 2.04 bits per heavy atom. The van der Waals surface area contributed by atoms with Gasteiger partial charge in [0.05, 0.1) is 0 Å². The van der Waals surface area contributed by atoms with Crippen LogP contribution < -0.4 is 0 Å². The summed E-state index contributed by atoms with van der Waals surface area (Å²) < 4.78 is 34.0. The van der Waals surface area contributed by atoms with Crippen molar-refractivity contribution < 1.29 is 33.8 Å². The van der Waals surface area contributed by atoms with Gasteiger partial charge >= 0.3 is 37.9 Å². The van der Waals surface area contributed by atoms with Gasteiger partial charge in [-0.1, -0.05) is 58.0 Å². The molecule has 0 atom stereocenters. The fourth-order valence-electron chi connectivity index (χ4n) is 3.25. The van der Waals surface area contributed by atoms with Crippen molar-refractivity contribution in [3.8, 4) is 0 Å². The van der Waals surface area contributed by atoms with E-state index in [2.05, 4.69) is 6.08 Å². The normalized spacial score (nSPS) is 16.3. The van der Waals surface area contributed by atoms with Gasteiger partial charge in [-0.05, 0) is 51.8 Å². The van der Waals surface area contributed by atoms with E-state index < -0.39 is 31.0 Å². The average Bonchev–Trinajstić information content (AvgIpc) is 3.12. The van der Waals surface area contributed by atoms with Gasteiger partial charge in [-0.2, -0.15) is 8.42 Å². The minimum absolute atomic E-state index is 0.0263. The van der Waals surface area contributed by atoms with E-state index in [1.807, 2.05) is 64.1 Å². The summed E-state index contributed by atoms with van der Waals surface area (Å²) in [5.41, 5.74) is 4.87. The molecule has 0 bridgehead atoms. The van der Waals surface area contributed by atoms with Gasteiger partial charge < -0.3 is 0 Å². The average molecular weight is 504 g/mol. The monoisotopic (exact) mass is 501 g/mol. The van der Waals surface area contributed by atoms with Crippen LogP contribution in [0.3, 0.4) is 0 Å². The zero-order valence-electron chi connectivity index (χ0n) is 15.5. The molecule has 0 spiro atoms. The standard InChI is InChI=1S/C20H21O3S.2ClH.Zr/c1-12(2)15-10-17(14-8-6-5-7-9-14)18-11-16(13(3)4)20(19(15)18)24(21,22)23;;;/h5-10,12-13H,1-4H3,(H,21,22,23);2*1H;/q;;;+2/p-2. The summed E-state index contributed by atoms with van der Waals surface area (Å²) in [7, 11) is 5.55. The van der Waals surface area contributed by atoms with Crippen LogP contribution in [0.4, 0.5) is 0 Å². The molecule has 1 radical (unpaired) electrons. The molecule has 27 heavy (non-hydrogen) atoms. The molecule has 1 aromatic rings. The molecular weight excluding hydrogens is 482 g/mol. The third-order valence-electron chi connectivity index (χ3n) is 4.38. The summed E-state index contributed by atoms with van der Waals surface area (Å²) in [4.78, 5) is 0.0263. The Kier molecular flexibility index (Phi) is 7.92. The second-order valence-electron chi connectivity index (χ2n) is 6.85. The van der Waals surface area contributed by atoms with E-state index in [9.17, 15) is 13.0 Å². The summed E-state index contributed by atoms with van der Waals surface area (Å²) in [5, 5.41) is 0. The van der Waals surface area contributed by atoms with Crippen LogP contribution in [-0.4, -0.2) is 13.0 Å². The number of halogens is 2. The fourth-order valence-corrected chi connectivity index (χ4v) is 4.30. The topological polar surface area (TPSA) is 54.4 Å². The van der Waals surface area contributed by atoms with E-state index in [1.54, 1.807) is 0 Å². The third kappa shape index (κ3) is 4.94. The number of allylic oxidation sites excluding steroid dienone is 7. The van der Waals surface area contributed by atoms with Crippen LogP contribution >= 0.6 is 17.0 Å². The molecule has 0 saturated carbocycles. The number of benzene rings is 1. The van der Waals surface area contributed by atoms with Gasteiger partial charge in [-0.15, -0.1) is 0 Å². The Morgan fingerprint density at radius 2 is 1.59 bits per heavy atom. The van der Waals surface area contributed by atoms with E-state index in [1.165, 1.54) is 0 Å². The van der Waals surface area contributed by atoms with Gasteiger partial charge in [0, 0.05) is 5.57 Å². The molecule has 0 amide bonds. The molecule has 0 aliphatic heterocycles. The van der Waals surface area contributed by atoms with Crippen molar-refractivity contribution in [3.05, 3.63) is 75.2 Å². The Labute approximate surface area is 180 Å². The molecule has 2 aliphatic carbocycles. The van der Waals surface area contributed by atoms with Crippen molar-refractivity contribution >= 4 is 32.7 Å². The number of hydrogen-bond donors (Lipinski definition) is 1. The van der Waals surface area contributed by atoms with Gasteiger partial charge in [0.2, 0.25) is 0 Å². The molecule has 0 aromatic heterocycles. The molecule has 7 heteroatoms. The molecule has 1 aromatic carbocycles. The summed E-state index contributed by atoms with van der Waals surface area (Å²) in [6.07, 6.45) is 5.30. The van der Waals surface area contributed by atoms with Crippen LogP contribution in [0.15, 0.2) is 63.6 Å². The minimum atomic E-state index is -4.32. The molecule has 2 aliphatic rings. The molecule has 0 saturated heterocycles. The number of rotatable bonds is 4. The van der Waals surface area contributed by atoms with Crippen LogP contribution in [0.1, 0.15) is 33.3 Å². The fraction of sp³-hybridized carbons (Fsp3) is 0.300. The molecule has 0 heterocycles.